The summed E-state index contributed by atoms with van der Waals surface area (Å²) < 4.78 is 4.59. The number of carbonyl (C=O) groups excluding carboxylic acids is 1. The molecule has 1 atom stereocenters. The second-order valence-corrected chi connectivity index (χ2v) is 4.24. The minimum absolute atomic E-state index is 0.00986. The number of rotatable bonds is 10. The Balaban J connectivity index is 0. The molecule has 5 nitrogen and oxygen atoms in total. The summed E-state index contributed by atoms with van der Waals surface area (Å²) in [6.45, 7) is 9.48. The highest BCUT2D eigenvalue weighted by Gasteiger charge is 2.00. The lowest BCUT2D eigenvalue weighted by molar-refractivity contribution is -0.136. The average molecular weight is 285 g/mol. The monoisotopic (exact) mass is 285 g/mol. The minimum atomic E-state index is -0.381. The first-order valence-corrected chi connectivity index (χ1v) is 7.01. The van der Waals surface area contributed by atoms with Gasteiger partial charge in [0.2, 0.25) is 0 Å². The first-order chi connectivity index (χ1) is 9.62. The van der Waals surface area contributed by atoms with E-state index in [1.807, 2.05) is 19.9 Å². The normalized spacial score (nSPS) is 11.2. The van der Waals surface area contributed by atoms with E-state index in [9.17, 15) is 9.70 Å². The molecule has 0 saturated carbocycles. The van der Waals surface area contributed by atoms with Gasteiger partial charge in [0.05, 0.1) is 0 Å². The Hall–Kier alpha value is -1.65. The minimum Gasteiger partial charge on any atom is -0.458 e. The number of allylic oxidation sites excluding steroid dienone is 1. The molecule has 0 fully saturated rings. The fraction of sp³-hybridized carbons (Fsp3) is 0.667. The smallest absolute Gasteiger partial charge is 0.330 e. The highest BCUT2D eigenvalue weighted by Crippen LogP contribution is 2.07. The van der Waals surface area contributed by atoms with Crippen LogP contribution in [0.5, 0.6) is 0 Å². The van der Waals surface area contributed by atoms with E-state index in [4.69, 9.17) is 0 Å². The molecule has 0 rings (SSSR count). The predicted octanol–water partition coefficient (Wildman–Crippen LogP) is 4.34. The van der Waals surface area contributed by atoms with Gasteiger partial charge in [-0.25, -0.2) is 4.79 Å². The molecule has 0 saturated heterocycles. The Morgan fingerprint density at radius 2 is 2.05 bits per heavy atom. The summed E-state index contributed by atoms with van der Waals surface area (Å²) in [5, 5.41) is 2.38. The molecule has 0 aromatic carbocycles. The van der Waals surface area contributed by atoms with Gasteiger partial charge in [-0.2, -0.15) is 0 Å². The zero-order valence-electron chi connectivity index (χ0n) is 12.8. The van der Waals surface area contributed by atoms with E-state index < -0.39 is 0 Å². The van der Waals surface area contributed by atoms with E-state index >= 15 is 0 Å². The van der Waals surface area contributed by atoms with E-state index in [1.165, 1.54) is 19.3 Å². The van der Waals surface area contributed by atoms with Gasteiger partial charge in [0.15, 0.2) is 5.34 Å². The van der Waals surface area contributed by atoms with Gasteiger partial charge >= 0.3 is 5.97 Å². The molecule has 0 amide bonds. The molecule has 0 aromatic rings. The Morgan fingerprint density at radius 1 is 1.35 bits per heavy atom. The van der Waals surface area contributed by atoms with Crippen LogP contribution in [-0.2, 0) is 14.4 Å². The van der Waals surface area contributed by atoms with Crippen LogP contribution in [-0.4, -0.2) is 18.7 Å². The number of esters is 1. The third-order valence-electron chi connectivity index (χ3n) is 2.41. The van der Waals surface area contributed by atoms with Crippen LogP contribution in [0.4, 0.5) is 0 Å². The van der Waals surface area contributed by atoms with E-state index in [2.05, 4.69) is 28.4 Å². The molecule has 0 spiro atoms. The van der Waals surface area contributed by atoms with Gasteiger partial charge in [-0.15, -0.1) is 4.91 Å². The zero-order chi connectivity index (χ0) is 15.6. The fourth-order valence-corrected chi connectivity index (χ4v) is 1.27. The second kappa shape index (κ2) is 17.4. The Bertz CT molecular complexity index is 277. The van der Waals surface area contributed by atoms with E-state index in [-0.39, 0.29) is 12.1 Å². The summed E-state index contributed by atoms with van der Waals surface area (Å²) in [5.41, 5.74) is 0. The quantitative estimate of drug-likeness (QED) is 0.150. The lowest BCUT2D eigenvalue weighted by Gasteiger charge is -2.05. The summed E-state index contributed by atoms with van der Waals surface area (Å²) in [5.74, 6) is -0.381. The van der Waals surface area contributed by atoms with Crippen molar-refractivity contribution in [1.82, 2.24) is 0 Å². The SMILES string of the molecule is C=CC(=O)OCC=CC.CCCCCCC(C)ON=O. The number of unbranched alkanes of at least 4 members (excludes halogenated alkanes) is 3. The van der Waals surface area contributed by atoms with Crippen LogP contribution in [0.25, 0.3) is 0 Å². The molecule has 0 heterocycles. The lowest BCUT2D eigenvalue weighted by Crippen LogP contribution is -2.02. The van der Waals surface area contributed by atoms with Crippen molar-refractivity contribution >= 4 is 5.97 Å². The van der Waals surface area contributed by atoms with Gasteiger partial charge in [-0.05, 0) is 26.7 Å². The van der Waals surface area contributed by atoms with Gasteiger partial charge < -0.3 is 9.57 Å². The number of nitrogens with zero attached hydrogens (tertiary/aromatic N) is 1. The third kappa shape index (κ3) is 18.7. The van der Waals surface area contributed by atoms with Crippen LogP contribution in [0.3, 0.4) is 0 Å². The third-order valence-corrected chi connectivity index (χ3v) is 2.41. The molecule has 0 aliphatic carbocycles. The Kier molecular flexibility index (Phi) is 17.9. The Labute approximate surface area is 122 Å². The number of hydrogen-bond donors (Lipinski definition) is 0. The lowest BCUT2D eigenvalue weighted by atomic mass is 10.1. The molecule has 0 N–H and O–H groups in total. The van der Waals surface area contributed by atoms with Crippen LogP contribution >= 0.6 is 0 Å². The van der Waals surface area contributed by atoms with E-state index in [0.29, 0.717) is 6.61 Å². The number of ether oxygens (including phenoxy) is 1. The first-order valence-electron chi connectivity index (χ1n) is 7.01. The van der Waals surface area contributed by atoms with Crippen molar-refractivity contribution in [3.8, 4) is 0 Å². The van der Waals surface area contributed by atoms with Crippen LogP contribution in [0.2, 0.25) is 0 Å². The zero-order valence-corrected chi connectivity index (χ0v) is 12.8. The topological polar surface area (TPSA) is 65.0 Å². The van der Waals surface area contributed by atoms with Crippen molar-refractivity contribution in [2.75, 3.05) is 6.61 Å². The second-order valence-electron chi connectivity index (χ2n) is 4.24. The summed E-state index contributed by atoms with van der Waals surface area (Å²) in [6, 6.07) is 0. The van der Waals surface area contributed by atoms with Crippen molar-refractivity contribution in [2.24, 2.45) is 5.34 Å². The maximum Gasteiger partial charge on any atom is 0.330 e. The van der Waals surface area contributed by atoms with Crippen molar-refractivity contribution in [3.05, 3.63) is 29.7 Å². The molecule has 1 unspecified atom stereocenters. The van der Waals surface area contributed by atoms with Crippen LogP contribution < -0.4 is 0 Å². The molecule has 0 aliphatic heterocycles. The number of hydrogen-bond acceptors (Lipinski definition) is 5. The molecular formula is C15H27NO4. The maximum atomic E-state index is 10.3. The molecule has 0 aliphatic rings. The number of carbonyl (C=O) groups is 1. The van der Waals surface area contributed by atoms with Crippen molar-refractivity contribution in [3.63, 3.8) is 0 Å². The van der Waals surface area contributed by atoms with Gasteiger partial charge in [0, 0.05) is 6.08 Å². The molecular weight excluding hydrogens is 258 g/mol. The van der Waals surface area contributed by atoms with Gasteiger partial charge in [-0.1, -0.05) is 44.9 Å². The highest BCUT2D eigenvalue weighted by molar-refractivity contribution is 5.81. The summed E-state index contributed by atoms with van der Waals surface area (Å²) in [7, 11) is 0. The predicted molar refractivity (Wildman–Crippen MR) is 81.1 cm³/mol. The summed E-state index contributed by atoms with van der Waals surface area (Å²) in [4.78, 5) is 24.4. The Morgan fingerprint density at radius 3 is 2.55 bits per heavy atom. The van der Waals surface area contributed by atoms with Gasteiger partial charge in [-0.3, -0.25) is 0 Å². The van der Waals surface area contributed by atoms with Crippen LogP contribution in [0.15, 0.2) is 30.1 Å². The van der Waals surface area contributed by atoms with Crippen LogP contribution in [0.1, 0.15) is 52.9 Å². The van der Waals surface area contributed by atoms with Crippen molar-refractivity contribution < 1.29 is 14.4 Å². The van der Waals surface area contributed by atoms with Gasteiger partial charge in [0.25, 0.3) is 0 Å². The van der Waals surface area contributed by atoms with E-state index in [1.54, 1.807) is 6.08 Å². The molecule has 0 radical (unpaired) electrons. The molecule has 5 heteroatoms. The van der Waals surface area contributed by atoms with Gasteiger partial charge in [0.1, 0.15) is 12.7 Å². The van der Waals surface area contributed by atoms with Crippen molar-refractivity contribution in [2.45, 2.75) is 59.0 Å². The molecule has 0 bridgehead atoms. The molecule has 0 aromatic heterocycles. The van der Waals surface area contributed by atoms with Crippen molar-refractivity contribution in [1.29, 1.82) is 0 Å². The van der Waals surface area contributed by atoms with Crippen LogP contribution in [0, 0.1) is 4.91 Å². The van der Waals surface area contributed by atoms with E-state index in [0.717, 1.165) is 18.9 Å². The standard InChI is InChI=1S/C8H17NO2.C7H10O2/c1-3-4-5-6-7-8(2)11-9-10;1-3-5-6-9-7(8)4-2/h8H,3-7H2,1-2H3;3-5H,2,6H2,1H3. The first kappa shape index (κ1) is 20.7. The largest absolute Gasteiger partial charge is 0.458 e. The molecule has 116 valence electrons. The average Bonchev–Trinajstić information content (AvgIpc) is 2.45. The summed E-state index contributed by atoms with van der Waals surface area (Å²) in [6.07, 6.45) is 10.5. The molecule has 20 heavy (non-hydrogen) atoms. The maximum absolute atomic E-state index is 10.3. The summed E-state index contributed by atoms with van der Waals surface area (Å²) >= 11 is 0. The fourth-order valence-electron chi connectivity index (χ4n) is 1.27. The highest BCUT2D eigenvalue weighted by atomic mass is 16.7.